The zero-order valence-electron chi connectivity index (χ0n) is 14.5. The van der Waals surface area contributed by atoms with Crippen molar-refractivity contribution in [2.24, 2.45) is 0 Å². The van der Waals surface area contributed by atoms with Gasteiger partial charge in [-0.2, -0.15) is 0 Å². The Kier molecular flexibility index (Phi) is 5.38. The lowest BCUT2D eigenvalue weighted by atomic mass is 9.98. The van der Waals surface area contributed by atoms with E-state index in [0.29, 0.717) is 44.9 Å². The van der Waals surface area contributed by atoms with Crippen LogP contribution in [0.15, 0.2) is 58.4 Å². The first kappa shape index (κ1) is 18.3. The monoisotopic (exact) mass is 418 g/mol. The van der Waals surface area contributed by atoms with E-state index in [9.17, 15) is 0 Å². The van der Waals surface area contributed by atoms with Gasteiger partial charge in [-0.1, -0.05) is 72.2 Å². The van der Waals surface area contributed by atoms with Gasteiger partial charge in [0, 0.05) is 24.6 Å². The molecule has 0 N–H and O–H groups in total. The van der Waals surface area contributed by atoms with Crippen molar-refractivity contribution in [3.63, 3.8) is 0 Å². The molecule has 4 rings (SSSR count). The van der Waals surface area contributed by atoms with Gasteiger partial charge in [0.1, 0.15) is 0 Å². The minimum absolute atomic E-state index is 0.315. The molecule has 4 aromatic rings. The van der Waals surface area contributed by atoms with Crippen molar-refractivity contribution in [1.29, 1.82) is 0 Å². The Morgan fingerprint density at radius 1 is 1.15 bits per heavy atom. The molecular formula is C19H16Cl2N4OS. The first-order valence-corrected chi connectivity index (χ1v) is 10.2. The molecule has 8 heteroatoms. The lowest BCUT2D eigenvalue weighted by Crippen LogP contribution is -1.98. The number of pyridine rings is 1. The zero-order valence-corrected chi connectivity index (χ0v) is 16.8. The molecule has 3 aromatic heterocycles. The Morgan fingerprint density at radius 2 is 1.96 bits per heavy atom. The van der Waals surface area contributed by atoms with Crippen LogP contribution in [0, 0.1) is 0 Å². The van der Waals surface area contributed by atoms with Crippen LogP contribution in [-0.2, 0) is 12.2 Å². The van der Waals surface area contributed by atoms with Gasteiger partial charge in [0.2, 0.25) is 5.89 Å². The Bertz CT molecular complexity index is 1060. The fourth-order valence-corrected chi connectivity index (χ4v) is 4.01. The van der Waals surface area contributed by atoms with E-state index in [1.165, 1.54) is 17.3 Å². The van der Waals surface area contributed by atoms with E-state index < -0.39 is 0 Å². The molecule has 0 radical (unpaired) electrons. The first-order valence-electron chi connectivity index (χ1n) is 8.41. The van der Waals surface area contributed by atoms with Gasteiger partial charge in [-0.05, 0) is 17.5 Å². The highest BCUT2D eigenvalue weighted by molar-refractivity contribution is 7.98. The quantitative estimate of drug-likeness (QED) is 0.378. The van der Waals surface area contributed by atoms with Gasteiger partial charge in [0.25, 0.3) is 5.22 Å². The molecule has 0 saturated heterocycles. The summed E-state index contributed by atoms with van der Waals surface area (Å²) in [4.78, 5) is 4.52. The second kappa shape index (κ2) is 7.92. The van der Waals surface area contributed by atoms with E-state index in [0.717, 1.165) is 5.69 Å². The lowest BCUT2D eigenvalue weighted by molar-refractivity contribution is 0.404. The van der Waals surface area contributed by atoms with Gasteiger partial charge in [0.05, 0.1) is 15.7 Å². The number of rotatable bonds is 6. The van der Waals surface area contributed by atoms with E-state index in [-0.39, 0.29) is 0 Å². The summed E-state index contributed by atoms with van der Waals surface area (Å²) in [5.74, 6) is 1.56. The molecular weight excluding hydrogens is 403 g/mol. The Morgan fingerprint density at radius 3 is 2.78 bits per heavy atom. The van der Waals surface area contributed by atoms with Gasteiger partial charge in [-0.15, -0.1) is 10.2 Å². The zero-order chi connectivity index (χ0) is 18.8. The molecule has 1 atom stereocenters. The predicted octanol–water partition coefficient (Wildman–Crippen LogP) is 5.66. The van der Waals surface area contributed by atoms with E-state index in [1.54, 1.807) is 12.3 Å². The average Bonchev–Trinajstić information content (AvgIpc) is 3.27. The van der Waals surface area contributed by atoms with Crippen LogP contribution in [0.4, 0.5) is 0 Å². The first-order chi connectivity index (χ1) is 13.1. The molecule has 3 heterocycles. The molecule has 27 heavy (non-hydrogen) atoms. The summed E-state index contributed by atoms with van der Waals surface area (Å²) in [7, 11) is 0. The van der Waals surface area contributed by atoms with E-state index in [2.05, 4.69) is 34.2 Å². The predicted molar refractivity (Wildman–Crippen MR) is 108 cm³/mol. The molecule has 138 valence electrons. The molecule has 0 spiro atoms. The second-order valence-corrected chi connectivity index (χ2v) is 8.01. The Hall–Kier alpha value is -2.02. The SMILES string of the molecule is CC(Cc1nnc(SCc2cn3cc(Cl)cc(Cl)c3n2)o1)c1ccccc1. The van der Waals surface area contributed by atoms with Crippen LogP contribution in [0.2, 0.25) is 10.0 Å². The Labute approximate surface area is 170 Å². The standard InChI is InChI=1S/C19H16Cl2N4OS/c1-12(13-5-3-2-4-6-13)7-17-23-24-19(26-17)27-11-15-10-25-9-14(20)8-16(21)18(25)22-15/h2-6,8-10,12H,7,11H2,1H3. The number of hydrogen-bond donors (Lipinski definition) is 0. The molecule has 0 aliphatic rings. The number of benzene rings is 1. The fourth-order valence-electron chi connectivity index (χ4n) is 2.82. The summed E-state index contributed by atoms with van der Waals surface area (Å²) >= 11 is 13.7. The summed E-state index contributed by atoms with van der Waals surface area (Å²) in [5, 5.41) is 9.91. The molecule has 0 aliphatic heterocycles. The maximum absolute atomic E-state index is 6.18. The third-order valence-corrected chi connectivity index (χ3v) is 5.50. The van der Waals surface area contributed by atoms with Crippen molar-refractivity contribution in [2.45, 2.75) is 30.2 Å². The topological polar surface area (TPSA) is 56.2 Å². The summed E-state index contributed by atoms with van der Waals surface area (Å²) in [6.07, 6.45) is 4.38. The van der Waals surface area contributed by atoms with Crippen molar-refractivity contribution < 1.29 is 4.42 Å². The van der Waals surface area contributed by atoms with Crippen LogP contribution < -0.4 is 0 Å². The van der Waals surface area contributed by atoms with Gasteiger partial charge in [-0.3, -0.25) is 0 Å². The van der Waals surface area contributed by atoms with Crippen molar-refractivity contribution in [1.82, 2.24) is 19.6 Å². The van der Waals surface area contributed by atoms with Crippen molar-refractivity contribution in [3.05, 3.63) is 76.0 Å². The highest BCUT2D eigenvalue weighted by Gasteiger charge is 2.14. The lowest BCUT2D eigenvalue weighted by Gasteiger charge is -2.08. The number of thioether (sulfide) groups is 1. The van der Waals surface area contributed by atoms with E-state index >= 15 is 0 Å². The normalized spacial score (nSPS) is 12.6. The largest absolute Gasteiger partial charge is 0.416 e. The third kappa shape index (κ3) is 4.29. The Balaban J connectivity index is 1.40. The minimum Gasteiger partial charge on any atom is -0.416 e. The van der Waals surface area contributed by atoms with E-state index in [1.807, 2.05) is 28.8 Å². The summed E-state index contributed by atoms with van der Waals surface area (Å²) < 4.78 is 7.59. The molecule has 5 nitrogen and oxygen atoms in total. The number of halogens is 2. The van der Waals surface area contributed by atoms with Gasteiger partial charge >= 0.3 is 0 Å². The molecule has 0 aliphatic carbocycles. The van der Waals surface area contributed by atoms with Crippen molar-refractivity contribution in [3.8, 4) is 0 Å². The average molecular weight is 419 g/mol. The van der Waals surface area contributed by atoms with Gasteiger partial charge < -0.3 is 8.82 Å². The fraction of sp³-hybridized carbons (Fsp3) is 0.211. The highest BCUT2D eigenvalue weighted by Crippen LogP contribution is 2.26. The van der Waals surface area contributed by atoms with Crippen LogP contribution in [0.25, 0.3) is 5.65 Å². The summed E-state index contributed by atoms with van der Waals surface area (Å²) in [6.45, 7) is 2.15. The summed E-state index contributed by atoms with van der Waals surface area (Å²) in [6, 6.07) is 12.0. The number of nitrogens with zero attached hydrogens (tertiary/aromatic N) is 4. The maximum Gasteiger partial charge on any atom is 0.276 e. The summed E-state index contributed by atoms with van der Waals surface area (Å²) in [5.41, 5.74) is 2.80. The molecule has 1 aromatic carbocycles. The smallest absolute Gasteiger partial charge is 0.276 e. The minimum atomic E-state index is 0.315. The third-order valence-electron chi connectivity index (χ3n) is 4.16. The van der Waals surface area contributed by atoms with Crippen molar-refractivity contribution >= 4 is 40.6 Å². The molecule has 0 bridgehead atoms. The number of hydrogen-bond acceptors (Lipinski definition) is 5. The van der Waals surface area contributed by atoms with E-state index in [4.69, 9.17) is 27.6 Å². The van der Waals surface area contributed by atoms with Crippen molar-refractivity contribution in [2.75, 3.05) is 0 Å². The molecule has 1 unspecified atom stereocenters. The van der Waals surface area contributed by atoms with Crippen LogP contribution in [0.1, 0.15) is 30.0 Å². The molecule has 0 fully saturated rings. The van der Waals surface area contributed by atoms with Crippen LogP contribution in [0.5, 0.6) is 0 Å². The number of imidazole rings is 1. The number of aromatic nitrogens is 4. The number of fused-ring (bicyclic) bond motifs is 1. The molecule has 0 saturated carbocycles. The van der Waals surface area contributed by atoms with Crippen LogP contribution >= 0.6 is 35.0 Å². The van der Waals surface area contributed by atoms with Gasteiger partial charge in [0.15, 0.2) is 5.65 Å². The van der Waals surface area contributed by atoms with Gasteiger partial charge in [-0.25, -0.2) is 4.98 Å². The molecule has 0 amide bonds. The maximum atomic E-state index is 6.18. The second-order valence-electron chi connectivity index (χ2n) is 6.24. The van der Waals surface area contributed by atoms with Crippen LogP contribution in [-0.4, -0.2) is 19.6 Å². The highest BCUT2D eigenvalue weighted by atomic mass is 35.5. The van der Waals surface area contributed by atoms with Crippen LogP contribution in [0.3, 0.4) is 0 Å².